The lowest BCUT2D eigenvalue weighted by Gasteiger charge is -2.18. The predicted octanol–water partition coefficient (Wildman–Crippen LogP) is 16.4. The number of carbonyl (C=O) groups excluding carboxylic acids is 3. The van der Waals surface area contributed by atoms with Gasteiger partial charge in [0.2, 0.25) is 0 Å². The lowest BCUT2D eigenvalue weighted by Crippen LogP contribution is -2.30. The van der Waals surface area contributed by atoms with Gasteiger partial charge in [-0.25, -0.2) is 0 Å². The van der Waals surface area contributed by atoms with E-state index in [2.05, 4.69) is 118 Å². The maximum absolute atomic E-state index is 12.8. The van der Waals surface area contributed by atoms with E-state index in [0.717, 1.165) is 109 Å². The minimum absolute atomic E-state index is 0.121. The Balaban J connectivity index is 4.57. The van der Waals surface area contributed by atoms with Crippen LogP contribution in [0.2, 0.25) is 0 Å². The fourth-order valence-electron chi connectivity index (χ4n) is 6.34. The Morgan fingerprint density at radius 2 is 0.710 bits per heavy atom. The normalized spacial score (nSPS) is 13.0. The average Bonchev–Trinajstić information content (AvgIpc) is 3.27. The highest BCUT2D eigenvalue weighted by atomic mass is 16.6. The second-order valence-electron chi connectivity index (χ2n) is 16.0. The van der Waals surface area contributed by atoms with Crippen molar-refractivity contribution < 1.29 is 28.6 Å². The Morgan fingerprint density at radius 1 is 0.355 bits per heavy atom. The SMILES string of the molecule is CC/C=C\C/C=C\C/C=C\C/C=C\C/C=C\CCC(=O)OCC(COC(=O)CCCCCCC/C=C\C/C=C\CC)OC(=O)CCCCC/C=C\C=C/CCCCCCCCC. The molecule has 0 N–H and O–H groups in total. The topological polar surface area (TPSA) is 78.9 Å². The third kappa shape index (κ3) is 47.1. The molecule has 0 heterocycles. The van der Waals surface area contributed by atoms with E-state index in [-0.39, 0.29) is 44.0 Å². The van der Waals surface area contributed by atoms with Gasteiger partial charge in [-0.2, -0.15) is 0 Å². The van der Waals surface area contributed by atoms with Crippen LogP contribution in [0, 0.1) is 0 Å². The molecule has 0 saturated heterocycles. The summed E-state index contributed by atoms with van der Waals surface area (Å²) in [5.41, 5.74) is 0. The van der Waals surface area contributed by atoms with Crippen LogP contribution >= 0.6 is 0 Å². The van der Waals surface area contributed by atoms with Gasteiger partial charge < -0.3 is 14.2 Å². The van der Waals surface area contributed by atoms with Crippen molar-refractivity contribution in [1.29, 1.82) is 0 Å². The Labute approximate surface area is 380 Å². The smallest absolute Gasteiger partial charge is 0.306 e. The standard InChI is InChI=1S/C56H90O6/c1-4-7-10-13-16-19-22-25-27-29-31-34-37-40-43-46-49-55(58)61-52-53(51-60-54(57)48-45-42-39-36-33-24-21-18-15-12-9-6-3)62-56(59)50-47-44-41-38-35-32-30-28-26-23-20-17-14-11-8-5-2/h7,9-10,12,16,18-19,21,25,27-28,30-32,34-35,40,43,53H,4-6,8,11,13-15,17,20,22-24,26,29,33,36-39,41-42,44-52H2,1-3H3/b10-7-,12-9-,19-16-,21-18-,27-25-,30-28-,34-31-,35-32-,43-40-. The lowest BCUT2D eigenvalue weighted by atomic mass is 10.1. The molecule has 0 aliphatic heterocycles. The quantitative estimate of drug-likeness (QED) is 0.0200. The van der Waals surface area contributed by atoms with Gasteiger partial charge in [0.25, 0.3) is 0 Å². The third-order valence-electron chi connectivity index (χ3n) is 10.0. The highest BCUT2D eigenvalue weighted by molar-refractivity contribution is 5.71. The maximum atomic E-state index is 12.8. The molecule has 0 spiro atoms. The summed E-state index contributed by atoms with van der Waals surface area (Å²) in [6.07, 6.45) is 66.6. The van der Waals surface area contributed by atoms with Gasteiger partial charge in [-0.05, 0) is 103 Å². The van der Waals surface area contributed by atoms with Crippen molar-refractivity contribution in [2.75, 3.05) is 13.2 Å². The molecule has 0 bridgehead atoms. The van der Waals surface area contributed by atoms with Gasteiger partial charge >= 0.3 is 17.9 Å². The molecular formula is C56H90O6. The molecule has 1 atom stereocenters. The Morgan fingerprint density at radius 3 is 1.19 bits per heavy atom. The Kier molecular flexibility index (Phi) is 46.6. The van der Waals surface area contributed by atoms with E-state index in [1.165, 1.54) is 44.9 Å². The molecule has 0 amide bonds. The van der Waals surface area contributed by atoms with Crippen LogP contribution in [0.5, 0.6) is 0 Å². The van der Waals surface area contributed by atoms with Crippen LogP contribution in [0.1, 0.15) is 207 Å². The van der Waals surface area contributed by atoms with Crippen LogP contribution in [0.3, 0.4) is 0 Å². The zero-order valence-electron chi connectivity index (χ0n) is 39.8. The molecule has 0 rings (SSSR count). The lowest BCUT2D eigenvalue weighted by molar-refractivity contribution is -0.166. The fraction of sp³-hybridized carbons (Fsp3) is 0.625. The first kappa shape index (κ1) is 58.1. The Bertz CT molecular complexity index is 1310. The van der Waals surface area contributed by atoms with E-state index >= 15 is 0 Å². The zero-order valence-corrected chi connectivity index (χ0v) is 39.8. The average molecular weight is 859 g/mol. The van der Waals surface area contributed by atoms with Gasteiger partial charge in [0.15, 0.2) is 6.10 Å². The van der Waals surface area contributed by atoms with Crippen molar-refractivity contribution >= 4 is 17.9 Å². The van der Waals surface area contributed by atoms with Crippen LogP contribution in [-0.2, 0) is 28.6 Å². The molecule has 0 fully saturated rings. The van der Waals surface area contributed by atoms with Crippen molar-refractivity contribution in [2.45, 2.75) is 213 Å². The van der Waals surface area contributed by atoms with Crippen molar-refractivity contribution in [3.8, 4) is 0 Å². The molecule has 0 aromatic carbocycles. The first-order valence-corrected chi connectivity index (χ1v) is 24.9. The summed E-state index contributed by atoms with van der Waals surface area (Å²) >= 11 is 0. The third-order valence-corrected chi connectivity index (χ3v) is 10.0. The van der Waals surface area contributed by atoms with Crippen LogP contribution in [-0.4, -0.2) is 37.2 Å². The number of unbranched alkanes of at least 4 members (excludes halogenated alkanes) is 15. The van der Waals surface area contributed by atoms with Crippen LogP contribution < -0.4 is 0 Å². The van der Waals surface area contributed by atoms with Gasteiger partial charge in [-0.1, -0.05) is 194 Å². The van der Waals surface area contributed by atoms with Gasteiger partial charge in [0.05, 0.1) is 0 Å². The second kappa shape index (κ2) is 49.7. The van der Waals surface area contributed by atoms with Gasteiger partial charge in [-0.3, -0.25) is 14.4 Å². The van der Waals surface area contributed by atoms with E-state index in [1.54, 1.807) is 0 Å². The molecule has 0 aromatic heterocycles. The molecule has 0 aromatic rings. The number of ether oxygens (including phenoxy) is 3. The molecule has 62 heavy (non-hydrogen) atoms. The number of allylic oxidation sites excluding steroid dienone is 18. The van der Waals surface area contributed by atoms with Crippen molar-refractivity contribution in [3.63, 3.8) is 0 Å². The summed E-state index contributed by atoms with van der Waals surface area (Å²) in [6, 6.07) is 0. The monoisotopic (exact) mass is 859 g/mol. The predicted molar refractivity (Wildman–Crippen MR) is 265 cm³/mol. The minimum atomic E-state index is -0.828. The highest BCUT2D eigenvalue weighted by Gasteiger charge is 2.19. The first-order valence-electron chi connectivity index (χ1n) is 24.9. The first-order chi connectivity index (χ1) is 30.5. The maximum Gasteiger partial charge on any atom is 0.306 e. The number of rotatable bonds is 43. The molecule has 6 heteroatoms. The fourth-order valence-corrected chi connectivity index (χ4v) is 6.34. The van der Waals surface area contributed by atoms with Crippen LogP contribution in [0.4, 0.5) is 0 Å². The largest absolute Gasteiger partial charge is 0.462 e. The second-order valence-corrected chi connectivity index (χ2v) is 16.0. The molecule has 350 valence electrons. The number of esters is 3. The summed E-state index contributed by atoms with van der Waals surface area (Å²) in [7, 11) is 0. The summed E-state index contributed by atoms with van der Waals surface area (Å²) in [4.78, 5) is 37.9. The van der Waals surface area contributed by atoms with Gasteiger partial charge in [0.1, 0.15) is 13.2 Å². The van der Waals surface area contributed by atoms with Crippen LogP contribution in [0.25, 0.3) is 0 Å². The molecule has 0 saturated carbocycles. The van der Waals surface area contributed by atoms with Crippen molar-refractivity contribution in [2.24, 2.45) is 0 Å². The number of carbonyl (C=O) groups is 3. The van der Waals surface area contributed by atoms with E-state index in [1.807, 2.05) is 12.2 Å². The molecule has 0 aliphatic carbocycles. The van der Waals surface area contributed by atoms with E-state index < -0.39 is 6.10 Å². The van der Waals surface area contributed by atoms with Crippen LogP contribution in [0.15, 0.2) is 109 Å². The van der Waals surface area contributed by atoms with Gasteiger partial charge in [-0.15, -0.1) is 0 Å². The van der Waals surface area contributed by atoms with Crippen molar-refractivity contribution in [1.82, 2.24) is 0 Å². The highest BCUT2D eigenvalue weighted by Crippen LogP contribution is 2.12. The summed E-state index contributed by atoms with van der Waals surface area (Å²) in [5, 5.41) is 0. The molecule has 0 radical (unpaired) electrons. The number of hydrogen-bond donors (Lipinski definition) is 0. The zero-order chi connectivity index (χ0) is 45.1. The molecule has 1 unspecified atom stereocenters. The molecular weight excluding hydrogens is 769 g/mol. The van der Waals surface area contributed by atoms with E-state index in [4.69, 9.17) is 14.2 Å². The summed E-state index contributed by atoms with van der Waals surface area (Å²) in [6.45, 7) is 6.29. The summed E-state index contributed by atoms with van der Waals surface area (Å²) in [5.74, 6) is -1.06. The Hall–Kier alpha value is -3.93. The van der Waals surface area contributed by atoms with E-state index in [0.29, 0.717) is 19.3 Å². The molecule has 0 aliphatic rings. The van der Waals surface area contributed by atoms with Crippen molar-refractivity contribution in [3.05, 3.63) is 109 Å². The van der Waals surface area contributed by atoms with Gasteiger partial charge in [0, 0.05) is 19.3 Å². The molecule has 6 nitrogen and oxygen atoms in total. The van der Waals surface area contributed by atoms with E-state index in [9.17, 15) is 14.4 Å². The number of hydrogen-bond acceptors (Lipinski definition) is 6. The minimum Gasteiger partial charge on any atom is -0.462 e. The summed E-state index contributed by atoms with van der Waals surface area (Å²) < 4.78 is 16.7.